The van der Waals surface area contributed by atoms with E-state index in [0.29, 0.717) is 18.9 Å². The maximum Gasteiger partial charge on any atom is 0.305 e. The number of carbonyl (C=O) groups is 1. The van der Waals surface area contributed by atoms with Gasteiger partial charge in [-0.1, -0.05) is 194 Å². The van der Waals surface area contributed by atoms with Crippen molar-refractivity contribution in [2.24, 2.45) is 5.92 Å². The zero-order valence-corrected chi connectivity index (χ0v) is 26.8. The van der Waals surface area contributed by atoms with Gasteiger partial charge in [-0.25, -0.2) is 0 Å². The van der Waals surface area contributed by atoms with Crippen molar-refractivity contribution in [1.29, 1.82) is 0 Å². The molecule has 0 heterocycles. The fraction of sp³-hybridized carbons (Fsp3) is 0.972. The average molecular weight is 537 g/mol. The Bertz CT molecular complexity index is 447. The molecule has 0 bridgehead atoms. The predicted molar refractivity (Wildman–Crippen MR) is 170 cm³/mol. The molecule has 0 aliphatic carbocycles. The molecule has 0 rings (SSSR count). The largest absolute Gasteiger partial charge is 0.465 e. The van der Waals surface area contributed by atoms with Crippen LogP contribution in [0.25, 0.3) is 0 Å². The molecule has 0 aromatic rings. The Morgan fingerprint density at radius 1 is 0.447 bits per heavy atom. The first-order valence-electron chi connectivity index (χ1n) is 17.9. The monoisotopic (exact) mass is 537 g/mol. The molecule has 0 aromatic heterocycles. The molecule has 0 radical (unpaired) electrons. The van der Waals surface area contributed by atoms with E-state index < -0.39 is 0 Å². The molecule has 0 saturated heterocycles. The molecule has 2 nitrogen and oxygen atoms in total. The van der Waals surface area contributed by atoms with Crippen LogP contribution in [0.5, 0.6) is 0 Å². The number of unbranched alkanes of at least 4 members (excludes halogenated alkanes) is 25. The van der Waals surface area contributed by atoms with E-state index in [2.05, 4.69) is 20.8 Å². The van der Waals surface area contributed by atoms with Gasteiger partial charge < -0.3 is 4.74 Å². The summed E-state index contributed by atoms with van der Waals surface area (Å²) in [7, 11) is 0. The Morgan fingerprint density at radius 2 is 0.763 bits per heavy atom. The van der Waals surface area contributed by atoms with Gasteiger partial charge >= 0.3 is 5.97 Å². The Kier molecular flexibility index (Phi) is 32.2. The SMILES string of the molecule is CCCCCCCCCCCCCCCCCC(=O)OCC(CC)CCCCCCCCCCCCCC. The molecule has 0 spiro atoms. The minimum absolute atomic E-state index is 0.0350. The Balaban J connectivity index is 3.38. The third-order valence-corrected chi connectivity index (χ3v) is 8.51. The van der Waals surface area contributed by atoms with Gasteiger partial charge in [0, 0.05) is 6.42 Å². The summed E-state index contributed by atoms with van der Waals surface area (Å²) in [5.74, 6) is 0.593. The summed E-state index contributed by atoms with van der Waals surface area (Å²) in [6, 6.07) is 0. The van der Waals surface area contributed by atoms with E-state index in [9.17, 15) is 4.79 Å². The topological polar surface area (TPSA) is 26.3 Å². The molecule has 0 N–H and O–H groups in total. The van der Waals surface area contributed by atoms with E-state index in [-0.39, 0.29) is 5.97 Å². The van der Waals surface area contributed by atoms with Crippen LogP contribution in [0.4, 0.5) is 0 Å². The number of carbonyl (C=O) groups excluding carboxylic acids is 1. The van der Waals surface area contributed by atoms with Crippen LogP contribution in [-0.4, -0.2) is 12.6 Å². The average Bonchev–Trinajstić information content (AvgIpc) is 2.93. The molecule has 0 fully saturated rings. The fourth-order valence-electron chi connectivity index (χ4n) is 5.60. The summed E-state index contributed by atoms with van der Waals surface area (Å²) in [5.41, 5.74) is 0. The van der Waals surface area contributed by atoms with Crippen molar-refractivity contribution in [3.05, 3.63) is 0 Å². The quantitative estimate of drug-likeness (QED) is 0.0631. The third kappa shape index (κ3) is 30.0. The van der Waals surface area contributed by atoms with E-state index in [0.717, 1.165) is 12.8 Å². The van der Waals surface area contributed by atoms with Crippen LogP contribution in [0.1, 0.15) is 213 Å². The number of hydrogen-bond donors (Lipinski definition) is 0. The van der Waals surface area contributed by atoms with Gasteiger partial charge in [-0.3, -0.25) is 4.79 Å². The minimum atomic E-state index is 0.0350. The second kappa shape index (κ2) is 32.7. The van der Waals surface area contributed by atoms with E-state index in [4.69, 9.17) is 4.74 Å². The molecule has 38 heavy (non-hydrogen) atoms. The molecule has 0 amide bonds. The van der Waals surface area contributed by atoms with Crippen molar-refractivity contribution in [2.75, 3.05) is 6.61 Å². The maximum absolute atomic E-state index is 12.2. The van der Waals surface area contributed by atoms with Gasteiger partial charge in [0.15, 0.2) is 0 Å². The van der Waals surface area contributed by atoms with Crippen LogP contribution in [0, 0.1) is 5.92 Å². The Labute approximate surface area is 241 Å². The number of esters is 1. The van der Waals surface area contributed by atoms with Gasteiger partial charge in [0.05, 0.1) is 6.61 Å². The summed E-state index contributed by atoms with van der Waals surface area (Å²) >= 11 is 0. The number of ether oxygens (including phenoxy) is 1. The molecule has 228 valence electrons. The van der Waals surface area contributed by atoms with Gasteiger partial charge in [0.1, 0.15) is 0 Å². The van der Waals surface area contributed by atoms with Crippen LogP contribution < -0.4 is 0 Å². The number of hydrogen-bond acceptors (Lipinski definition) is 2. The molecule has 1 atom stereocenters. The lowest BCUT2D eigenvalue weighted by molar-refractivity contribution is -0.145. The van der Waals surface area contributed by atoms with E-state index >= 15 is 0 Å². The van der Waals surface area contributed by atoms with Crippen LogP contribution >= 0.6 is 0 Å². The Morgan fingerprint density at radius 3 is 1.11 bits per heavy atom. The third-order valence-electron chi connectivity index (χ3n) is 8.51. The molecular formula is C36H72O2. The van der Waals surface area contributed by atoms with E-state index in [1.54, 1.807) is 0 Å². The molecule has 0 aliphatic heterocycles. The zero-order valence-electron chi connectivity index (χ0n) is 26.8. The summed E-state index contributed by atoms with van der Waals surface area (Å²) in [5, 5.41) is 0. The smallest absolute Gasteiger partial charge is 0.305 e. The second-order valence-corrected chi connectivity index (χ2v) is 12.3. The summed E-state index contributed by atoms with van der Waals surface area (Å²) in [6.07, 6.45) is 40.2. The summed E-state index contributed by atoms with van der Waals surface area (Å²) < 4.78 is 5.63. The fourth-order valence-corrected chi connectivity index (χ4v) is 5.60. The zero-order chi connectivity index (χ0) is 27.8. The van der Waals surface area contributed by atoms with Crippen LogP contribution in [-0.2, 0) is 9.53 Å². The van der Waals surface area contributed by atoms with E-state index in [1.807, 2.05) is 0 Å². The van der Waals surface area contributed by atoms with Crippen molar-refractivity contribution in [3.8, 4) is 0 Å². The van der Waals surface area contributed by atoms with Crippen molar-refractivity contribution in [2.45, 2.75) is 213 Å². The molecule has 2 heteroatoms. The first-order valence-corrected chi connectivity index (χ1v) is 17.9. The lowest BCUT2D eigenvalue weighted by Gasteiger charge is -2.15. The normalized spacial score (nSPS) is 12.2. The number of rotatable bonds is 32. The van der Waals surface area contributed by atoms with E-state index in [1.165, 1.54) is 173 Å². The van der Waals surface area contributed by atoms with Crippen LogP contribution in [0.15, 0.2) is 0 Å². The molecular weight excluding hydrogens is 464 g/mol. The lowest BCUT2D eigenvalue weighted by atomic mass is 9.98. The van der Waals surface area contributed by atoms with Gasteiger partial charge in [-0.2, -0.15) is 0 Å². The van der Waals surface area contributed by atoms with Gasteiger partial charge in [-0.05, 0) is 18.8 Å². The lowest BCUT2D eigenvalue weighted by Crippen LogP contribution is -2.13. The molecule has 1 unspecified atom stereocenters. The predicted octanol–water partition coefficient (Wildman–Crippen LogP) is 12.9. The highest BCUT2D eigenvalue weighted by molar-refractivity contribution is 5.69. The first kappa shape index (κ1) is 37.5. The van der Waals surface area contributed by atoms with Crippen molar-refractivity contribution in [1.82, 2.24) is 0 Å². The van der Waals surface area contributed by atoms with Gasteiger partial charge in [-0.15, -0.1) is 0 Å². The minimum Gasteiger partial charge on any atom is -0.465 e. The maximum atomic E-state index is 12.2. The standard InChI is InChI=1S/C36H72O2/c1-4-7-9-11-13-15-17-19-20-21-23-25-27-29-31-33-36(37)38-34-35(6-3)32-30-28-26-24-22-18-16-14-12-10-8-5-2/h35H,4-34H2,1-3H3. The summed E-state index contributed by atoms with van der Waals surface area (Å²) in [4.78, 5) is 12.2. The van der Waals surface area contributed by atoms with Crippen molar-refractivity contribution in [3.63, 3.8) is 0 Å². The molecule has 0 aromatic carbocycles. The van der Waals surface area contributed by atoms with Crippen molar-refractivity contribution < 1.29 is 9.53 Å². The van der Waals surface area contributed by atoms with Gasteiger partial charge in [0.2, 0.25) is 0 Å². The van der Waals surface area contributed by atoms with Crippen molar-refractivity contribution >= 4 is 5.97 Å². The Hall–Kier alpha value is -0.530. The van der Waals surface area contributed by atoms with Crippen LogP contribution in [0.3, 0.4) is 0 Å². The second-order valence-electron chi connectivity index (χ2n) is 12.3. The highest BCUT2D eigenvalue weighted by Crippen LogP contribution is 2.18. The molecule has 0 aliphatic rings. The van der Waals surface area contributed by atoms with Crippen LogP contribution in [0.2, 0.25) is 0 Å². The molecule has 0 saturated carbocycles. The van der Waals surface area contributed by atoms with Gasteiger partial charge in [0.25, 0.3) is 0 Å². The highest BCUT2D eigenvalue weighted by atomic mass is 16.5. The highest BCUT2D eigenvalue weighted by Gasteiger charge is 2.10. The summed E-state index contributed by atoms with van der Waals surface area (Å²) in [6.45, 7) is 7.47. The first-order chi connectivity index (χ1) is 18.7.